The van der Waals surface area contributed by atoms with Crippen molar-refractivity contribution < 1.29 is 19.4 Å². The molecule has 2 aliphatic carbocycles. The van der Waals surface area contributed by atoms with Crippen LogP contribution in [0.2, 0.25) is 0 Å². The Morgan fingerprint density at radius 3 is 2.82 bits per heavy atom. The van der Waals surface area contributed by atoms with Crippen molar-refractivity contribution in [3.63, 3.8) is 0 Å². The number of methoxy groups -OCH3 is 1. The quantitative estimate of drug-likeness (QED) is 0.310. The van der Waals surface area contributed by atoms with Gasteiger partial charge in [0.05, 0.1) is 22.2 Å². The topological polar surface area (TPSA) is 111 Å². The number of nitrogens with one attached hydrogen (secondary N) is 1. The number of rotatable bonds is 10. The Bertz CT molecular complexity index is 1100. The van der Waals surface area contributed by atoms with Gasteiger partial charge in [-0.1, -0.05) is 18.2 Å². The van der Waals surface area contributed by atoms with E-state index in [4.69, 9.17) is 4.74 Å². The van der Waals surface area contributed by atoms with Gasteiger partial charge >= 0.3 is 5.97 Å². The summed E-state index contributed by atoms with van der Waals surface area (Å²) < 4.78 is 6.67. The smallest absolute Gasteiger partial charge is 0.335 e. The van der Waals surface area contributed by atoms with E-state index in [2.05, 4.69) is 17.2 Å². The number of carbonyl (C=O) groups excluding carboxylic acids is 1. The fourth-order valence-electron chi connectivity index (χ4n) is 5.45. The van der Waals surface area contributed by atoms with Gasteiger partial charge in [0.25, 0.3) is 5.56 Å². The highest BCUT2D eigenvalue weighted by atomic mass is 32.2. The molecule has 1 aromatic carbocycles. The van der Waals surface area contributed by atoms with E-state index in [1.165, 1.54) is 55.6 Å². The van der Waals surface area contributed by atoms with Crippen molar-refractivity contribution in [2.75, 3.05) is 19.5 Å². The zero-order valence-electron chi connectivity index (χ0n) is 19.1. The maximum atomic E-state index is 13.1. The van der Waals surface area contributed by atoms with E-state index in [0.717, 1.165) is 11.8 Å². The molecule has 2 aliphatic rings. The molecule has 8 nitrogen and oxygen atoms in total. The molecule has 9 heteroatoms. The second-order valence-corrected chi connectivity index (χ2v) is 10.2. The van der Waals surface area contributed by atoms with E-state index < -0.39 is 5.97 Å². The summed E-state index contributed by atoms with van der Waals surface area (Å²) in [6.07, 6.45) is 5.73. The maximum absolute atomic E-state index is 13.1. The highest BCUT2D eigenvalue weighted by molar-refractivity contribution is 7.99. The molecule has 0 aliphatic heterocycles. The predicted octanol–water partition coefficient (Wildman–Crippen LogP) is 3.16. The van der Waals surface area contributed by atoms with Gasteiger partial charge in [-0.2, -0.15) is 0 Å². The van der Waals surface area contributed by atoms with Crippen molar-refractivity contribution in [2.45, 2.75) is 56.8 Å². The number of carboxylic acid groups (broad SMARTS) is 1. The van der Waals surface area contributed by atoms with Crippen LogP contribution in [-0.2, 0) is 16.1 Å². The molecule has 0 saturated heterocycles. The molecule has 2 fully saturated rings. The zero-order chi connectivity index (χ0) is 23.5. The van der Waals surface area contributed by atoms with E-state index in [9.17, 15) is 19.5 Å². The molecule has 4 atom stereocenters. The van der Waals surface area contributed by atoms with Gasteiger partial charge in [0, 0.05) is 26.3 Å². The standard InChI is InChI=1S/C24H31N3O5S/c1-14(19-11-15-4-5-16(19)10-15)25-21(28)13-33-24-26-20-12-17(23(30)31)6-7-18(20)22(29)27(24)8-3-9-32-2/h6-7,12,14-16,19H,3-5,8-11,13H2,1-2H3,(H,25,28)(H,30,31)/t14-,15-,16-,19+/m0/s1. The molecular formula is C24H31N3O5S. The number of thioether (sulfide) groups is 1. The average Bonchev–Trinajstić information content (AvgIpc) is 3.43. The summed E-state index contributed by atoms with van der Waals surface area (Å²) in [6, 6.07) is 4.45. The summed E-state index contributed by atoms with van der Waals surface area (Å²) >= 11 is 1.21. The number of nitrogens with zero attached hydrogens (tertiary/aromatic N) is 2. The lowest BCUT2D eigenvalue weighted by atomic mass is 9.84. The van der Waals surface area contributed by atoms with Gasteiger partial charge in [-0.25, -0.2) is 9.78 Å². The van der Waals surface area contributed by atoms with Crippen molar-refractivity contribution >= 4 is 34.5 Å². The number of benzene rings is 1. The highest BCUT2D eigenvalue weighted by Crippen LogP contribution is 2.49. The van der Waals surface area contributed by atoms with Crippen LogP contribution >= 0.6 is 11.8 Å². The first-order chi connectivity index (χ1) is 15.9. The number of fused-ring (bicyclic) bond motifs is 3. The van der Waals surface area contributed by atoms with E-state index in [-0.39, 0.29) is 28.8 Å². The van der Waals surface area contributed by atoms with Crippen LogP contribution in [0.25, 0.3) is 10.9 Å². The van der Waals surface area contributed by atoms with Gasteiger partial charge in [-0.3, -0.25) is 14.2 Å². The van der Waals surface area contributed by atoms with Crippen molar-refractivity contribution in [3.8, 4) is 0 Å². The van der Waals surface area contributed by atoms with E-state index >= 15 is 0 Å². The lowest BCUT2D eigenvalue weighted by molar-refractivity contribution is -0.119. The van der Waals surface area contributed by atoms with Gasteiger partial charge in [0.1, 0.15) is 0 Å². The van der Waals surface area contributed by atoms with Crippen LogP contribution in [0.4, 0.5) is 0 Å². The van der Waals surface area contributed by atoms with E-state index in [1.807, 2.05) is 0 Å². The van der Waals surface area contributed by atoms with E-state index in [1.54, 1.807) is 11.7 Å². The SMILES string of the molecule is COCCCn1c(SCC(=O)N[C@@H](C)[C@H]2C[C@H]3CC[C@H]2C3)nc2cc(C(=O)O)ccc2c1=O. The summed E-state index contributed by atoms with van der Waals surface area (Å²) in [5.41, 5.74) is 0.146. The third-order valence-electron chi connectivity index (χ3n) is 7.05. The molecule has 4 rings (SSSR count). The summed E-state index contributed by atoms with van der Waals surface area (Å²) in [5.74, 6) is 1.10. The van der Waals surface area contributed by atoms with Crippen LogP contribution in [-0.4, -0.2) is 52.0 Å². The fourth-order valence-corrected chi connectivity index (χ4v) is 6.28. The number of aromatic carboxylic acids is 1. The minimum Gasteiger partial charge on any atom is -0.478 e. The molecule has 2 saturated carbocycles. The number of ether oxygens (including phenoxy) is 1. The van der Waals surface area contributed by atoms with Crippen LogP contribution in [0.3, 0.4) is 0 Å². The third kappa shape index (κ3) is 5.24. The van der Waals surface area contributed by atoms with Gasteiger partial charge in [-0.05, 0) is 68.6 Å². The first-order valence-corrected chi connectivity index (χ1v) is 12.5. The first-order valence-electron chi connectivity index (χ1n) is 11.6. The van der Waals surface area contributed by atoms with Gasteiger partial charge in [0.2, 0.25) is 5.91 Å². The maximum Gasteiger partial charge on any atom is 0.335 e. The highest BCUT2D eigenvalue weighted by Gasteiger charge is 2.42. The van der Waals surface area contributed by atoms with Gasteiger partial charge < -0.3 is 15.2 Å². The zero-order valence-corrected chi connectivity index (χ0v) is 19.9. The lowest BCUT2D eigenvalue weighted by Gasteiger charge is -2.28. The third-order valence-corrected chi connectivity index (χ3v) is 8.03. The number of aromatic nitrogens is 2. The Morgan fingerprint density at radius 1 is 1.33 bits per heavy atom. The molecule has 33 heavy (non-hydrogen) atoms. The molecule has 1 heterocycles. The molecule has 2 aromatic rings. The summed E-state index contributed by atoms with van der Waals surface area (Å²) in [7, 11) is 1.60. The Labute approximate surface area is 197 Å². The van der Waals surface area contributed by atoms with Gasteiger partial charge in [-0.15, -0.1) is 0 Å². The Kier molecular flexibility index (Phi) is 7.38. The molecule has 2 bridgehead atoms. The molecule has 0 spiro atoms. The van der Waals surface area contributed by atoms with E-state index in [0.29, 0.717) is 41.5 Å². The fraction of sp³-hybridized carbons (Fsp3) is 0.583. The van der Waals surface area contributed by atoms with Crippen molar-refractivity contribution in [2.24, 2.45) is 17.8 Å². The second-order valence-electron chi connectivity index (χ2n) is 9.22. The molecule has 0 radical (unpaired) electrons. The number of carbonyl (C=O) groups is 2. The monoisotopic (exact) mass is 473 g/mol. The second kappa shape index (κ2) is 10.3. The Hall–Kier alpha value is -2.39. The molecule has 0 unspecified atom stereocenters. The molecule has 2 N–H and O–H groups in total. The molecule has 1 aromatic heterocycles. The number of carboxylic acids is 1. The normalized spacial score (nSPS) is 22.5. The number of amides is 1. The van der Waals surface area contributed by atoms with Crippen LogP contribution in [0.5, 0.6) is 0 Å². The first kappa shape index (κ1) is 23.8. The number of hydrogen-bond donors (Lipinski definition) is 2. The lowest BCUT2D eigenvalue weighted by Crippen LogP contribution is -2.41. The van der Waals surface area contributed by atoms with Crippen molar-refractivity contribution in [1.82, 2.24) is 14.9 Å². The van der Waals surface area contributed by atoms with Crippen LogP contribution in [0.15, 0.2) is 28.2 Å². The Morgan fingerprint density at radius 2 is 2.15 bits per heavy atom. The van der Waals surface area contributed by atoms with Crippen LogP contribution in [0, 0.1) is 17.8 Å². The number of hydrogen-bond acceptors (Lipinski definition) is 6. The van der Waals surface area contributed by atoms with Crippen LogP contribution < -0.4 is 10.9 Å². The Balaban J connectivity index is 1.50. The summed E-state index contributed by atoms with van der Waals surface area (Å²) in [4.78, 5) is 41.7. The molecule has 1 amide bonds. The summed E-state index contributed by atoms with van der Waals surface area (Å²) in [5, 5.41) is 13.2. The average molecular weight is 474 g/mol. The van der Waals surface area contributed by atoms with Crippen LogP contribution in [0.1, 0.15) is 49.4 Å². The van der Waals surface area contributed by atoms with Gasteiger partial charge in [0.15, 0.2) is 5.16 Å². The minimum atomic E-state index is -1.08. The van der Waals surface area contributed by atoms with Crippen molar-refractivity contribution in [3.05, 3.63) is 34.1 Å². The summed E-state index contributed by atoms with van der Waals surface area (Å²) in [6.45, 7) is 2.99. The van der Waals surface area contributed by atoms with Crippen molar-refractivity contribution in [1.29, 1.82) is 0 Å². The minimum absolute atomic E-state index is 0.0694. The molecule has 178 valence electrons. The largest absolute Gasteiger partial charge is 0.478 e. The molecular weight excluding hydrogens is 442 g/mol. The predicted molar refractivity (Wildman–Crippen MR) is 127 cm³/mol.